The predicted octanol–water partition coefficient (Wildman–Crippen LogP) is 2.09. The first-order valence-corrected chi connectivity index (χ1v) is 8.22. The second kappa shape index (κ2) is 6.67. The van der Waals surface area contributed by atoms with Crippen molar-refractivity contribution in [2.45, 2.75) is 31.8 Å². The minimum Gasteiger partial charge on any atom is -0.326 e. The number of nitrogens with zero attached hydrogens (tertiary/aromatic N) is 2. The third-order valence-electron chi connectivity index (χ3n) is 5.07. The van der Waals surface area contributed by atoms with E-state index >= 15 is 0 Å². The van der Waals surface area contributed by atoms with Gasteiger partial charge in [-0.15, -0.1) is 0 Å². The number of likely N-dealkylation sites (tertiary alicyclic amines) is 2. The van der Waals surface area contributed by atoms with Gasteiger partial charge in [0.15, 0.2) is 0 Å². The number of benzene rings is 1. The number of hydrogen-bond donors (Lipinski definition) is 2. The molecule has 2 amide bonds. The Balaban J connectivity index is 1.58. The molecule has 3 rings (SSSR count). The fourth-order valence-corrected chi connectivity index (χ4v) is 3.76. The molecule has 2 unspecified atom stereocenters. The molecule has 2 heterocycles. The lowest BCUT2D eigenvalue weighted by atomic mass is 9.84. The summed E-state index contributed by atoms with van der Waals surface area (Å²) in [5.74, 6) is 0.623. The van der Waals surface area contributed by atoms with Gasteiger partial charge >= 0.3 is 6.03 Å². The van der Waals surface area contributed by atoms with Crippen molar-refractivity contribution in [1.29, 1.82) is 0 Å². The third-order valence-corrected chi connectivity index (χ3v) is 5.07. The molecule has 0 aliphatic carbocycles. The Morgan fingerprint density at radius 2 is 2.05 bits per heavy atom. The smallest absolute Gasteiger partial charge is 0.321 e. The predicted molar refractivity (Wildman–Crippen MR) is 88.7 cm³/mol. The van der Waals surface area contributed by atoms with Crippen LogP contribution in [0.15, 0.2) is 24.3 Å². The number of fused-ring (bicyclic) bond motifs is 1. The van der Waals surface area contributed by atoms with Gasteiger partial charge in [-0.1, -0.05) is 12.1 Å². The van der Waals surface area contributed by atoms with Crippen LogP contribution in [0.25, 0.3) is 0 Å². The molecule has 0 aromatic heterocycles. The van der Waals surface area contributed by atoms with Crippen molar-refractivity contribution >= 4 is 11.7 Å². The molecular weight excluding hydrogens is 276 g/mol. The highest BCUT2D eigenvalue weighted by molar-refractivity contribution is 5.89. The number of urea groups is 1. The van der Waals surface area contributed by atoms with E-state index in [9.17, 15) is 4.79 Å². The maximum atomic E-state index is 12.5. The molecule has 2 aliphatic rings. The molecule has 5 nitrogen and oxygen atoms in total. The minimum absolute atomic E-state index is 0.0205. The van der Waals surface area contributed by atoms with Crippen LogP contribution in [0.5, 0.6) is 0 Å². The Labute approximate surface area is 132 Å². The highest BCUT2D eigenvalue weighted by Gasteiger charge is 2.35. The summed E-state index contributed by atoms with van der Waals surface area (Å²) >= 11 is 0. The average Bonchev–Trinajstić information content (AvgIpc) is 2.55. The second-order valence-corrected chi connectivity index (χ2v) is 6.52. The number of rotatable bonds is 2. The van der Waals surface area contributed by atoms with Crippen LogP contribution < -0.4 is 11.1 Å². The molecule has 2 fully saturated rings. The SMILES string of the molecule is CN1CCCC2CN(C(=O)Nc3ccc(CN)cc3)CCC21. The third kappa shape index (κ3) is 3.25. The highest BCUT2D eigenvalue weighted by atomic mass is 16.2. The summed E-state index contributed by atoms with van der Waals surface area (Å²) in [6.45, 7) is 3.44. The zero-order valence-corrected chi connectivity index (χ0v) is 13.3. The van der Waals surface area contributed by atoms with E-state index in [-0.39, 0.29) is 6.03 Å². The minimum atomic E-state index is 0.0205. The van der Waals surface area contributed by atoms with Gasteiger partial charge in [0.1, 0.15) is 0 Å². The topological polar surface area (TPSA) is 61.6 Å². The monoisotopic (exact) mass is 302 g/mol. The first-order chi connectivity index (χ1) is 10.7. The molecule has 0 radical (unpaired) electrons. The van der Waals surface area contributed by atoms with Crippen molar-refractivity contribution in [2.75, 3.05) is 32.0 Å². The molecule has 2 atom stereocenters. The fraction of sp³-hybridized carbons (Fsp3) is 0.588. The molecule has 5 heteroatoms. The average molecular weight is 302 g/mol. The van der Waals surface area contributed by atoms with Gasteiger partial charge in [-0.3, -0.25) is 0 Å². The number of carbonyl (C=O) groups is 1. The Morgan fingerprint density at radius 3 is 2.77 bits per heavy atom. The number of amides is 2. The van der Waals surface area contributed by atoms with Crippen LogP contribution in [0.2, 0.25) is 0 Å². The van der Waals surface area contributed by atoms with Gasteiger partial charge in [-0.2, -0.15) is 0 Å². The van der Waals surface area contributed by atoms with Gasteiger partial charge in [-0.25, -0.2) is 4.79 Å². The standard InChI is InChI=1S/C17H26N4O/c1-20-9-2-3-14-12-21(10-8-16(14)20)17(22)19-15-6-4-13(11-18)5-7-15/h4-7,14,16H,2-3,8-12,18H2,1H3,(H,19,22). The van der Waals surface area contributed by atoms with Crippen molar-refractivity contribution in [1.82, 2.24) is 9.80 Å². The lowest BCUT2D eigenvalue weighted by molar-refractivity contribution is 0.0542. The summed E-state index contributed by atoms with van der Waals surface area (Å²) in [5.41, 5.74) is 7.50. The molecule has 0 bridgehead atoms. The molecule has 0 spiro atoms. The van der Waals surface area contributed by atoms with E-state index in [1.807, 2.05) is 29.2 Å². The van der Waals surface area contributed by atoms with Gasteiger partial charge in [-0.05, 0) is 56.5 Å². The molecule has 2 aliphatic heterocycles. The van der Waals surface area contributed by atoms with Crippen LogP contribution in [-0.2, 0) is 6.54 Å². The Hall–Kier alpha value is -1.59. The quantitative estimate of drug-likeness (QED) is 0.879. The van der Waals surface area contributed by atoms with Crippen molar-refractivity contribution in [3.05, 3.63) is 29.8 Å². The van der Waals surface area contributed by atoms with Crippen LogP contribution in [0.3, 0.4) is 0 Å². The van der Waals surface area contributed by atoms with E-state index in [0.717, 1.165) is 30.8 Å². The first kappa shape index (κ1) is 15.3. The van der Waals surface area contributed by atoms with E-state index in [0.29, 0.717) is 18.5 Å². The fourth-order valence-electron chi connectivity index (χ4n) is 3.76. The maximum absolute atomic E-state index is 12.5. The number of anilines is 1. The van der Waals surface area contributed by atoms with Crippen LogP contribution >= 0.6 is 0 Å². The van der Waals surface area contributed by atoms with E-state index in [2.05, 4.69) is 17.3 Å². The van der Waals surface area contributed by atoms with Gasteiger partial charge in [0, 0.05) is 31.4 Å². The first-order valence-electron chi connectivity index (χ1n) is 8.22. The Kier molecular flexibility index (Phi) is 4.64. The van der Waals surface area contributed by atoms with Crippen LogP contribution in [-0.4, -0.2) is 48.6 Å². The molecule has 2 saturated heterocycles. The number of piperidine rings is 2. The lowest BCUT2D eigenvalue weighted by Crippen LogP contribution is -2.54. The van der Waals surface area contributed by atoms with Gasteiger partial charge in [0.05, 0.1) is 0 Å². The van der Waals surface area contributed by atoms with E-state index in [1.54, 1.807) is 0 Å². The van der Waals surface area contributed by atoms with E-state index in [4.69, 9.17) is 5.73 Å². The van der Waals surface area contributed by atoms with Crippen LogP contribution in [0, 0.1) is 5.92 Å². The van der Waals surface area contributed by atoms with E-state index < -0.39 is 0 Å². The second-order valence-electron chi connectivity index (χ2n) is 6.52. The van der Waals surface area contributed by atoms with Crippen molar-refractivity contribution in [2.24, 2.45) is 11.7 Å². The number of carbonyl (C=O) groups excluding carboxylic acids is 1. The van der Waals surface area contributed by atoms with Crippen molar-refractivity contribution < 1.29 is 4.79 Å². The molecule has 1 aromatic rings. The molecule has 1 aromatic carbocycles. The largest absolute Gasteiger partial charge is 0.326 e. The summed E-state index contributed by atoms with van der Waals surface area (Å²) in [6, 6.07) is 8.42. The Bertz CT molecular complexity index is 516. The number of nitrogens with one attached hydrogen (secondary N) is 1. The lowest BCUT2D eigenvalue weighted by Gasteiger charge is -2.45. The summed E-state index contributed by atoms with van der Waals surface area (Å²) in [7, 11) is 2.21. The molecular formula is C17H26N4O. The van der Waals surface area contributed by atoms with Crippen LogP contribution in [0.4, 0.5) is 10.5 Å². The zero-order chi connectivity index (χ0) is 15.5. The van der Waals surface area contributed by atoms with Gasteiger partial charge in [0.2, 0.25) is 0 Å². The summed E-state index contributed by atoms with van der Waals surface area (Å²) in [4.78, 5) is 16.9. The molecule has 3 N–H and O–H groups in total. The van der Waals surface area contributed by atoms with Gasteiger partial charge in [0.25, 0.3) is 0 Å². The van der Waals surface area contributed by atoms with Gasteiger partial charge < -0.3 is 20.9 Å². The van der Waals surface area contributed by atoms with Crippen molar-refractivity contribution in [3.8, 4) is 0 Å². The normalized spacial score (nSPS) is 25.6. The summed E-state index contributed by atoms with van der Waals surface area (Å²) < 4.78 is 0. The Morgan fingerprint density at radius 1 is 1.27 bits per heavy atom. The summed E-state index contributed by atoms with van der Waals surface area (Å²) in [6.07, 6.45) is 3.57. The number of nitrogens with two attached hydrogens (primary N) is 1. The molecule has 120 valence electrons. The molecule has 0 saturated carbocycles. The van der Waals surface area contributed by atoms with E-state index in [1.165, 1.54) is 19.4 Å². The zero-order valence-electron chi connectivity index (χ0n) is 13.3. The number of hydrogen-bond acceptors (Lipinski definition) is 3. The highest BCUT2D eigenvalue weighted by Crippen LogP contribution is 2.29. The molecule has 22 heavy (non-hydrogen) atoms. The van der Waals surface area contributed by atoms with Crippen LogP contribution in [0.1, 0.15) is 24.8 Å². The maximum Gasteiger partial charge on any atom is 0.321 e. The van der Waals surface area contributed by atoms with Crippen molar-refractivity contribution in [3.63, 3.8) is 0 Å². The summed E-state index contributed by atoms with van der Waals surface area (Å²) in [5, 5.41) is 3.00.